The minimum atomic E-state index is 0.132. The number of nitrogens with zero attached hydrogens (tertiary/aromatic N) is 3. The summed E-state index contributed by atoms with van der Waals surface area (Å²) in [5.74, 6) is 1.38. The van der Waals surface area contributed by atoms with E-state index in [1.54, 1.807) is 25.3 Å². The molecule has 33 heavy (non-hydrogen) atoms. The fourth-order valence-electron chi connectivity index (χ4n) is 4.19. The van der Waals surface area contributed by atoms with E-state index in [2.05, 4.69) is 24.8 Å². The van der Waals surface area contributed by atoms with Crippen LogP contribution in [0.3, 0.4) is 0 Å². The van der Waals surface area contributed by atoms with Gasteiger partial charge in [-0.15, -0.1) is 0 Å². The minimum absolute atomic E-state index is 0.132. The van der Waals surface area contributed by atoms with Gasteiger partial charge in [0.15, 0.2) is 17.2 Å². The molecule has 0 spiro atoms. The summed E-state index contributed by atoms with van der Waals surface area (Å²) < 4.78 is 29.8. The third kappa shape index (κ3) is 4.42. The zero-order valence-electron chi connectivity index (χ0n) is 18.3. The molecule has 0 atom stereocenters. The van der Waals surface area contributed by atoms with Crippen molar-refractivity contribution in [3.8, 4) is 28.5 Å². The standard InChI is InChI=1S/C24H25FN4O4/c1-30-22-12-18-21(13-23(22)32-8-2-5-29-6-9-31-10-7-29)27-15-28-24(18)19-14-26-20-4-3-16(33-25)11-17(19)20/h3-4,11-15,26H,2,5-10H2,1H3. The molecule has 5 rings (SSSR count). The van der Waals surface area contributed by atoms with Crippen molar-refractivity contribution < 1.29 is 23.7 Å². The molecule has 172 valence electrons. The second-order valence-electron chi connectivity index (χ2n) is 7.89. The Morgan fingerprint density at radius 1 is 1.09 bits per heavy atom. The summed E-state index contributed by atoms with van der Waals surface area (Å²) in [6.45, 7) is 5.06. The number of morpholine rings is 1. The number of halogens is 1. The van der Waals surface area contributed by atoms with E-state index in [9.17, 15) is 4.53 Å². The maximum Gasteiger partial charge on any atom is 0.172 e. The Hall–Kier alpha value is -3.43. The Morgan fingerprint density at radius 2 is 1.97 bits per heavy atom. The minimum Gasteiger partial charge on any atom is -0.493 e. The topological polar surface area (TPSA) is 81.7 Å². The second kappa shape index (κ2) is 9.60. The summed E-state index contributed by atoms with van der Waals surface area (Å²) in [5, 5.41) is 1.61. The van der Waals surface area contributed by atoms with Gasteiger partial charge in [-0.05, 0) is 30.7 Å². The van der Waals surface area contributed by atoms with Gasteiger partial charge in [0.1, 0.15) is 6.33 Å². The van der Waals surface area contributed by atoms with E-state index in [-0.39, 0.29) is 5.75 Å². The van der Waals surface area contributed by atoms with Crippen molar-refractivity contribution in [2.24, 2.45) is 0 Å². The first-order valence-corrected chi connectivity index (χ1v) is 10.9. The number of nitrogens with one attached hydrogen (secondary N) is 1. The molecule has 9 heteroatoms. The number of aromatic nitrogens is 3. The lowest BCUT2D eigenvalue weighted by molar-refractivity contribution is -0.00603. The molecular weight excluding hydrogens is 427 g/mol. The molecule has 0 amide bonds. The number of benzene rings is 2. The Morgan fingerprint density at radius 3 is 2.79 bits per heavy atom. The molecule has 1 N–H and O–H groups in total. The Balaban J connectivity index is 1.42. The lowest BCUT2D eigenvalue weighted by atomic mass is 10.0. The highest BCUT2D eigenvalue weighted by Crippen LogP contribution is 2.38. The molecule has 8 nitrogen and oxygen atoms in total. The van der Waals surface area contributed by atoms with Gasteiger partial charge in [0.25, 0.3) is 0 Å². The van der Waals surface area contributed by atoms with Gasteiger partial charge in [-0.3, -0.25) is 9.84 Å². The average molecular weight is 452 g/mol. The number of aromatic amines is 1. The highest BCUT2D eigenvalue weighted by molar-refractivity contribution is 6.03. The van der Waals surface area contributed by atoms with Crippen LogP contribution < -0.4 is 14.4 Å². The van der Waals surface area contributed by atoms with Crippen LogP contribution in [0.25, 0.3) is 33.1 Å². The van der Waals surface area contributed by atoms with E-state index in [1.165, 1.54) is 6.33 Å². The second-order valence-corrected chi connectivity index (χ2v) is 7.89. The van der Waals surface area contributed by atoms with Gasteiger partial charge in [0.05, 0.1) is 38.1 Å². The van der Waals surface area contributed by atoms with Crippen LogP contribution >= 0.6 is 0 Å². The Kier molecular flexibility index (Phi) is 6.23. The van der Waals surface area contributed by atoms with Crippen LogP contribution in [0.5, 0.6) is 17.2 Å². The maximum absolute atomic E-state index is 12.7. The summed E-state index contributed by atoms with van der Waals surface area (Å²) >= 11 is 0. The van der Waals surface area contributed by atoms with Crippen LogP contribution in [0.1, 0.15) is 6.42 Å². The lowest BCUT2D eigenvalue weighted by Crippen LogP contribution is -2.37. The van der Waals surface area contributed by atoms with Crippen LogP contribution in [0.2, 0.25) is 0 Å². The van der Waals surface area contributed by atoms with Crippen LogP contribution in [0, 0.1) is 0 Å². The summed E-state index contributed by atoms with van der Waals surface area (Å²) in [5.41, 5.74) is 3.11. The van der Waals surface area contributed by atoms with Gasteiger partial charge in [-0.1, -0.05) is 0 Å². The Labute approximate surface area is 190 Å². The van der Waals surface area contributed by atoms with Crippen molar-refractivity contribution >= 4 is 21.8 Å². The van der Waals surface area contributed by atoms with Crippen molar-refractivity contribution in [1.29, 1.82) is 0 Å². The first-order valence-electron chi connectivity index (χ1n) is 10.9. The molecule has 1 aliphatic heterocycles. The molecule has 1 aliphatic rings. The first-order chi connectivity index (χ1) is 16.3. The summed E-state index contributed by atoms with van der Waals surface area (Å²) in [7, 11) is 1.61. The van der Waals surface area contributed by atoms with E-state index in [4.69, 9.17) is 14.2 Å². The summed E-state index contributed by atoms with van der Waals surface area (Å²) in [4.78, 5) is 18.4. The van der Waals surface area contributed by atoms with Crippen LogP contribution in [-0.4, -0.2) is 66.4 Å². The highest BCUT2D eigenvalue weighted by atomic mass is 19.3. The van der Waals surface area contributed by atoms with Crippen molar-refractivity contribution in [2.45, 2.75) is 6.42 Å². The number of rotatable bonds is 8. The summed E-state index contributed by atoms with van der Waals surface area (Å²) in [6.07, 6.45) is 4.27. The maximum atomic E-state index is 12.7. The smallest absolute Gasteiger partial charge is 0.172 e. The van der Waals surface area contributed by atoms with Crippen molar-refractivity contribution in [2.75, 3.05) is 46.6 Å². The number of ether oxygens (including phenoxy) is 3. The zero-order valence-corrected chi connectivity index (χ0v) is 18.3. The quantitative estimate of drug-likeness (QED) is 0.402. The van der Waals surface area contributed by atoms with Gasteiger partial charge < -0.3 is 19.2 Å². The monoisotopic (exact) mass is 452 g/mol. The van der Waals surface area contributed by atoms with Crippen LogP contribution in [-0.2, 0) is 4.74 Å². The number of H-pyrrole nitrogens is 1. The van der Waals surface area contributed by atoms with Crippen LogP contribution in [0.4, 0.5) is 4.53 Å². The predicted molar refractivity (Wildman–Crippen MR) is 122 cm³/mol. The molecule has 4 aromatic rings. The molecule has 2 aromatic heterocycles. The fourth-order valence-corrected chi connectivity index (χ4v) is 4.19. The molecule has 3 heterocycles. The molecular formula is C24H25FN4O4. The van der Waals surface area contributed by atoms with Gasteiger partial charge in [-0.2, -0.15) is 0 Å². The van der Waals surface area contributed by atoms with E-state index in [1.807, 2.05) is 18.3 Å². The highest BCUT2D eigenvalue weighted by Gasteiger charge is 2.16. The van der Waals surface area contributed by atoms with Gasteiger partial charge in [0, 0.05) is 58.3 Å². The lowest BCUT2D eigenvalue weighted by Gasteiger charge is -2.26. The molecule has 0 aliphatic carbocycles. The molecule has 0 unspecified atom stereocenters. The molecule has 0 saturated carbocycles. The van der Waals surface area contributed by atoms with Crippen LogP contribution in [0.15, 0.2) is 42.9 Å². The van der Waals surface area contributed by atoms with Gasteiger partial charge >= 0.3 is 0 Å². The summed E-state index contributed by atoms with van der Waals surface area (Å²) in [6, 6.07) is 8.72. The third-order valence-corrected chi connectivity index (χ3v) is 5.90. The van der Waals surface area contributed by atoms with Crippen molar-refractivity contribution in [3.05, 3.63) is 42.9 Å². The van der Waals surface area contributed by atoms with Gasteiger partial charge in [-0.25, -0.2) is 9.97 Å². The zero-order chi connectivity index (χ0) is 22.6. The largest absolute Gasteiger partial charge is 0.493 e. The van der Waals surface area contributed by atoms with E-state index in [0.717, 1.165) is 66.6 Å². The Bertz CT molecular complexity index is 1260. The predicted octanol–water partition coefficient (Wildman–Crippen LogP) is 4.15. The molecule has 1 saturated heterocycles. The van der Waals surface area contributed by atoms with E-state index >= 15 is 0 Å². The molecule has 1 fully saturated rings. The number of methoxy groups -OCH3 is 1. The van der Waals surface area contributed by atoms with Crippen molar-refractivity contribution in [3.63, 3.8) is 0 Å². The molecule has 0 bridgehead atoms. The third-order valence-electron chi connectivity index (χ3n) is 5.90. The SMILES string of the molecule is COc1cc2c(-c3c[nH]c4ccc(OF)cc34)ncnc2cc1OCCCN1CCOCC1. The van der Waals surface area contributed by atoms with Gasteiger partial charge in [0.2, 0.25) is 0 Å². The number of hydrogen-bond donors (Lipinski definition) is 1. The molecule has 0 radical (unpaired) electrons. The fraction of sp³-hybridized carbons (Fsp3) is 0.333. The molecule has 2 aromatic carbocycles. The number of hydrogen-bond acceptors (Lipinski definition) is 7. The average Bonchev–Trinajstić information content (AvgIpc) is 3.29. The normalized spacial score (nSPS) is 14.6. The number of fused-ring (bicyclic) bond motifs is 2. The van der Waals surface area contributed by atoms with E-state index in [0.29, 0.717) is 23.8 Å². The van der Waals surface area contributed by atoms with Crippen molar-refractivity contribution in [1.82, 2.24) is 19.9 Å². The van der Waals surface area contributed by atoms with E-state index < -0.39 is 0 Å². The first kappa shape index (κ1) is 21.4.